The van der Waals surface area contributed by atoms with E-state index < -0.39 is 0 Å². The van der Waals surface area contributed by atoms with Gasteiger partial charge in [0.2, 0.25) is 17.8 Å². The number of rotatable bonds is 6. The van der Waals surface area contributed by atoms with Gasteiger partial charge in [0.25, 0.3) is 0 Å². The SMILES string of the molecule is O=C(NCCNc1ncccn1)[C@H]1CSCN1C(=O)C1CCCC1. The van der Waals surface area contributed by atoms with Crippen molar-refractivity contribution in [2.75, 3.05) is 30.0 Å². The lowest BCUT2D eigenvalue weighted by Gasteiger charge is -2.25. The third-order valence-electron chi connectivity index (χ3n) is 4.45. The fraction of sp³-hybridized carbons (Fsp3) is 0.625. The summed E-state index contributed by atoms with van der Waals surface area (Å²) in [4.78, 5) is 34.9. The number of carbonyl (C=O) groups excluding carboxylic acids is 2. The third kappa shape index (κ3) is 4.17. The van der Waals surface area contributed by atoms with Crippen molar-refractivity contribution in [3.05, 3.63) is 18.5 Å². The summed E-state index contributed by atoms with van der Waals surface area (Å²) in [5, 5.41) is 5.95. The number of nitrogens with one attached hydrogen (secondary N) is 2. The highest BCUT2D eigenvalue weighted by Gasteiger charge is 2.38. The molecule has 2 heterocycles. The van der Waals surface area contributed by atoms with Gasteiger partial charge in [0.05, 0.1) is 5.88 Å². The smallest absolute Gasteiger partial charge is 0.243 e. The second-order valence-corrected chi connectivity index (χ2v) is 7.10. The zero-order valence-corrected chi connectivity index (χ0v) is 14.4. The van der Waals surface area contributed by atoms with E-state index in [4.69, 9.17) is 0 Å². The monoisotopic (exact) mass is 349 g/mol. The Labute approximate surface area is 146 Å². The van der Waals surface area contributed by atoms with E-state index in [-0.39, 0.29) is 23.8 Å². The van der Waals surface area contributed by atoms with Gasteiger partial charge in [-0.1, -0.05) is 12.8 Å². The van der Waals surface area contributed by atoms with Gasteiger partial charge in [-0.25, -0.2) is 9.97 Å². The number of hydrogen-bond acceptors (Lipinski definition) is 6. The fourth-order valence-corrected chi connectivity index (χ4v) is 4.32. The largest absolute Gasteiger partial charge is 0.353 e. The number of nitrogens with zero attached hydrogens (tertiary/aromatic N) is 3. The van der Waals surface area contributed by atoms with Crippen LogP contribution in [0.15, 0.2) is 18.5 Å². The van der Waals surface area contributed by atoms with Crippen LogP contribution in [0.2, 0.25) is 0 Å². The van der Waals surface area contributed by atoms with Gasteiger partial charge in [-0.3, -0.25) is 9.59 Å². The van der Waals surface area contributed by atoms with Crippen LogP contribution >= 0.6 is 11.8 Å². The minimum atomic E-state index is -0.337. The molecule has 0 aromatic carbocycles. The third-order valence-corrected chi connectivity index (χ3v) is 5.46. The molecule has 0 unspecified atom stereocenters. The molecule has 2 amide bonds. The molecule has 1 saturated carbocycles. The molecule has 0 bridgehead atoms. The van der Waals surface area contributed by atoms with E-state index in [0.717, 1.165) is 25.7 Å². The molecule has 2 aliphatic rings. The summed E-state index contributed by atoms with van der Waals surface area (Å²) in [5.74, 6) is 2.07. The standard InChI is InChI=1S/C16H23N5O2S/c22-14(17-8-9-20-16-18-6-3-7-19-16)13-10-24-11-21(13)15(23)12-4-1-2-5-12/h3,6-7,12-13H,1-2,4-5,8-11H2,(H,17,22)(H,18,19,20)/t13-/m1/s1. The Morgan fingerprint density at radius 3 is 2.71 bits per heavy atom. The van der Waals surface area contributed by atoms with Gasteiger partial charge in [0, 0.05) is 37.2 Å². The average Bonchev–Trinajstić information content (AvgIpc) is 3.30. The first-order chi connectivity index (χ1) is 11.8. The van der Waals surface area contributed by atoms with Gasteiger partial charge in [0.15, 0.2) is 0 Å². The molecule has 130 valence electrons. The lowest BCUT2D eigenvalue weighted by atomic mass is 10.1. The Morgan fingerprint density at radius 2 is 1.96 bits per heavy atom. The van der Waals surface area contributed by atoms with Crippen molar-refractivity contribution in [2.24, 2.45) is 5.92 Å². The number of amides is 2. The normalized spacial score (nSPS) is 21.0. The zero-order chi connectivity index (χ0) is 16.8. The van der Waals surface area contributed by atoms with Crippen LogP contribution in [0.4, 0.5) is 5.95 Å². The summed E-state index contributed by atoms with van der Waals surface area (Å²) in [5.41, 5.74) is 0. The minimum absolute atomic E-state index is 0.0675. The highest BCUT2D eigenvalue weighted by atomic mass is 32.2. The molecule has 7 nitrogen and oxygen atoms in total. The predicted molar refractivity (Wildman–Crippen MR) is 93.4 cm³/mol. The maximum atomic E-state index is 12.6. The Balaban J connectivity index is 1.44. The molecule has 1 saturated heterocycles. The van der Waals surface area contributed by atoms with Crippen LogP contribution in [0.1, 0.15) is 25.7 Å². The van der Waals surface area contributed by atoms with Crippen molar-refractivity contribution < 1.29 is 9.59 Å². The highest BCUT2D eigenvalue weighted by molar-refractivity contribution is 7.99. The molecule has 3 rings (SSSR count). The summed E-state index contributed by atoms with van der Waals surface area (Å²) in [6, 6.07) is 1.41. The Morgan fingerprint density at radius 1 is 1.21 bits per heavy atom. The van der Waals surface area contributed by atoms with Gasteiger partial charge in [-0.2, -0.15) is 0 Å². The van der Waals surface area contributed by atoms with Crippen LogP contribution in [0.3, 0.4) is 0 Å². The second kappa shape index (κ2) is 8.32. The van der Waals surface area contributed by atoms with E-state index in [2.05, 4.69) is 20.6 Å². The molecular formula is C16H23N5O2S. The van der Waals surface area contributed by atoms with Gasteiger partial charge in [-0.05, 0) is 18.9 Å². The van der Waals surface area contributed by atoms with Gasteiger partial charge >= 0.3 is 0 Å². The zero-order valence-electron chi connectivity index (χ0n) is 13.6. The molecule has 1 atom stereocenters. The molecule has 2 N–H and O–H groups in total. The maximum absolute atomic E-state index is 12.6. The summed E-state index contributed by atoms with van der Waals surface area (Å²) in [7, 11) is 0. The number of anilines is 1. The number of hydrogen-bond donors (Lipinski definition) is 2. The van der Waals surface area contributed by atoms with E-state index >= 15 is 0 Å². The number of aromatic nitrogens is 2. The Hall–Kier alpha value is -1.83. The lowest BCUT2D eigenvalue weighted by Crippen LogP contribution is -2.49. The summed E-state index contributed by atoms with van der Waals surface area (Å²) in [6.45, 7) is 1.02. The van der Waals surface area contributed by atoms with E-state index in [0.29, 0.717) is 30.7 Å². The van der Waals surface area contributed by atoms with Gasteiger partial charge < -0.3 is 15.5 Å². The van der Waals surface area contributed by atoms with Crippen molar-refractivity contribution in [1.29, 1.82) is 0 Å². The second-order valence-electron chi connectivity index (χ2n) is 6.10. The Bertz CT molecular complexity index is 565. The molecule has 1 aromatic heterocycles. The first-order valence-corrected chi connectivity index (χ1v) is 9.58. The number of thioether (sulfide) groups is 1. The van der Waals surface area contributed by atoms with Crippen LogP contribution in [-0.2, 0) is 9.59 Å². The summed E-state index contributed by atoms with van der Waals surface area (Å²) in [6.07, 6.45) is 7.51. The topological polar surface area (TPSA) is 87.2 Å². The van der Waals surface area contributed by atoms with Crippen LogP contribution < -0.4 is 10.6 Å². The maximum Gasteiger partial charge on any atom is 0.243 e. The molecule has 0 radical (unpaired) electrons. The molecule has 1 aliphatic carbocycles. The molecule has 1 aromatic rings. The van der Waals surface area contributed by atoms with Crippen molar-refractivity contribution in [3.63, 3.8) is 0 Å². The molecule has 1 aliphatic heterocycles. The van der Waals surface area contributed by atoms with Gasteiger partial charge in [-0.15, -0.1) is 11.8 Å². The Kier molecular flexibility index (Phi) is 5.90. The van der Waals surface area contributed by atoms with Crippen molar-refractivity contribution >= 4 is 29.5 Å². The van der Waals surface area contributed by atoms with E-state index in [1.165, 1.54) is 0 Å². The molecule has 2 fully saturated rings. The predicted octanol–water partition coefficient (Wildman–Crippen LogP) is 1.10. The lowest BCUT2D eigenvalue weighted by molar-refractivity contribution is -0.141. The fourth-order valence-electron chi connectivity index (χ4n) is 3.15. The highest BCUT2D eigenvalue weighted by Crippen LogP contribution is 2.30. The van der Waals surface area contributed by atoms with Crippen LogP contribution in [0.5, 0.6) is 0 Å². The molecule has 24 heavy (non-hydrogen) atoms. The first-order valence-electron chi connectivity index (χ1n) is 8.42. The molecule has 8 heteroatoms. The average molecular weight is 349 g/mol. The van der Waals surface area contributed by atoms with Crippen molar-refractivity contribution in [2.45, 2.75) is 31.7 Å². The molecule has 0 spiro atoms. The summed E-state index contributed by atoms with van der Waals surface area (Å²) < 4.78 is 0. The van der Waals surface area contributed by atoms with E-state index in [1.54, 1.807) is 35.1 Å². The number of carbonyl (C=O) groups is 2. The molecular weight excluding hydrogens is 326 g/mol. The van der Waals surface area contributed by atoms with Crippen molar-refractivity contribution in [1.82, 2.24) is 20.2 Å². The van der Waals surface area contributed by atoms with Crippen LogP contribution in [0.25, 0.3) is 0 Å². The van der Waals surface area contributed by atoms with Crippen LogP contribution in [0, 0.1) is 5.92 Å². The first kappa shape index (κ1) is 17.0. The van der Waals surface area contributed by atoms with Crippen LogP contribution in [-0.4, -0.2) is 57.4 Å². The van der Waals surface area contributed by atoms with Gasteiger partial charge in [0.1, 0.15) is 6.04 Å². The van der Waals surface area contributed by atoms with Crippen molar-refractivity contribution in [3.8, 4) is 0 Å². The summed E-state index contributed by atoms with van der Waals surface area (Å²) >= 11 is 1.65. The van der Waals surface area contributed by atoms with E-state index in [1.807, 2.05) is 0 Å². The minimum Gasteiger partial charge on any atom is -0.353 e. The van der Waals surface area contributed by atoms with E-state index in [9.17, 15) is 9.59 Å². The quantitative estimate of drug-likeness (QED) is 0.748.